The molecular weight excluding hydrogens is 292 g/mol. The lowest BCUT2D eigenvalue weighted by molar-refractivity contribution is 0.317. The van der Waals surface area contributed by atoms with E-state index in [1.165, 1.54) is 10.4 Å². The first kappa shape index (κ1) is 15.6. The molecule has 110 valence electrons. The van der Waals surface area contributed by atoms with Gasteiger partial charge in [0.25, 0.3) is 0 Å². The third-order valence-corrected chi connectivity index (χ3v) is 4.26. The van der Waals surface area contributed by atoms with E-state index >= 15 is 0 Å². The van der Waals surface area contributed by atoms with Crippen LogP contribution in [0.3, 0.4) is 0 Å². The molecule has 1 N–H and O–H groups in total. The van der Waals surface area contributed by atoms with Gasteiger partial charge in [-0.25, -0.2) is 0 Å². The van der Waals surface area contributed by atoms with Crippen molar-refractivity contribution in [1.29, 1.82) is 0 Å². The second-order valence-corrected chi connectivity index (χ2v) is 6.72. The first-order valence-electron chi connectivity index (χ1n) is 6.87. The van der Waals surface area contributed by atoms with Gasteiger partial charge in [-0.05, 0) is 38.2 Å². The maximum atomic E-state index is 5.96. The Morgan fingerprint density at radius 3 is 2.85 bits per heavy atom. The molecule has 20 heavy (non-hydrogen) atoms. The van der Waals surface area contributed by atoms with Crippen LogP contribution in [-0.4, -0.2) is 18.5 Å². The predicted molar refractivity (Wildman–Crippen MR) is 85.2 cm³/mol. The molecule has 0 aliphatic rings. The molecule has 0 aliphatic carbocycles. The van der Waals surface area contributed by atoms with Crippen molar-refractivity contribution in [2.75, 3.05) is 13.6 Å². The standard InChI is InChI=1S/C15H21ClN2OS/c1-3-7-17-9-14-12(6-8-19-14)10-18(2)11-13-4-5-15(16)20-13/h4-6,8,17H,3,7,9-11H2,1-2H3. The van der Waals surface area contributed by atoms with E-state index in [-0.39, 0.29) is 0 Å². The zero-order chi connectivity index (χ0) is 14.4. The Morgan fingerprint density at radius 1 is 1.30 bits per heavy atom. The monoisotopic (exact) mass is 312 g/mol. The van der Waals surface area contributed by atoms with E-state index < -0.39 is 0 Å². The Kier molecular flexibility index (Phi) is 6.10. The van der Waals surface area contributed by atoms with Gasteiger partial charge >= 0.3 is 0 Å². The van der Waals surface area contributed by atoms with Gasteiger partial charge in [-0.2, -0.15) is 0 Å². The molecule has 0 saturated carbocycles. The minimum atomic E-state index is 0.800. The van der Waals surface area contributed by atoms with Gasteiger partial charge in [0.1, 0.15) is 5.76 Å². The predicted octanol–water partition coefficient (Wildman–Crippen LogP) is 4.13. The van der Waals surface area contributed by atoms with Gasteiger partial charge in [0.05, 0.1) is 17.1 Å². The normalized spacial score (nSPS) is 11.4. The lowest BCUT2D eigenvalue weighted by atomic mass is 10.2. The third kappa shape index (κ3) is 4.63. The minimum Gasteiger partial charge on any atom is -0.468 e. The summed E-state index contributed by atoms with van der Waals surface area (Å²) >= 11 is 7.60. The lowest BCUT2D eigenvalue weighted by Gasteiger charge is -2.15. The molecular formula is C15H21ClN2OS. The van der Waals surface area contributed by atoms with E-state index in [9.17, 15) is 0 Å². The molecule has 0 amide bonds. The Bertz CT molecular complexity index is 523. The maximum Gasteiger partial charge on any atom is 0.122 e. The van der Waals surface area contributed by atoms with Crippen molar-refractivity contribution >= 4 is 22.9 Å². The van der Waals surface area contributed by atoms with E-state index in [4.69, 9.17) is 16.0 Å². The SMILES string of the molecule is CCCNCc1occc1CN(C)Cc1ccc(Cl)s1. The van der Waals surface area contributed by atoms with Crippen molar-refractivity contribution in [1.82, 2.24) is 10.2 Å². The average Bonchev–Trinajstić information content (AvgIpc) is 3.00. The number of furan rings is 1. The summed E-state index contributed by atoms with van der Waals surface area (Å²) in [4.78, 5) is 3.56. The van der Waals surface area contributed by atoms with Crippen LogP contribution in [0.15, 0.2) is 28.9 Å². The van der Waals surface area contributed by atoms with Crippen LogP contribution in [-0.2, 0) is 19.6 Å². The molecule has 2 aromatic rings. The molecule has 0 saturated heterocycles. The molecule has 0 aliphatic heterocycles. The van der Waals surface area contributed by atoms with Crippen LogP contribution in [0.5, 0.6) is 0 Å². The largest absolute Gasteiger partial charge is 0.468 e. The molecule has 5 heteroatoms. The van der Waals surface area contributed by atoms with E-state index in [0.29, 0.717) is 0 Å². The van der Waals surface area contributed by atoms with Gasteiger partial charge in [0.2, 0.25) is 0 Å². The number of rotatable bonds is 8. The Balaban J connectivity index is 1.87. The van der Waals surface area contributed by atoms with Crippen molar-refractivity contribution in [3.63, 3.8) is 0 Å². The molecule has 2 rings (SSSR count). The topological polar surface area (TPSA) is 28.4 Å². The van der Waals surface area contributed by atoms with Crippen molar-refractivity contribution in [2.24, 2.45) is 0 Å². The smallest absolute Gasteiger partial charge is 0.122 e. The van der Waals surface area contributed by atoms with Crippen LogP contribution in [0.2, 0.25) is 4.34 Å². The number of nitrogens with zero attached hydrogens (tertiary/aromatic N) is 1. The molecule has 3 nitrogen and oxygen atoms in total. The van der Waals surface area contributed by atoms with Crippen molar-refractivity contribution in [3.05, 3.63) is 45.0 Å². The highest BCUT2D eigenvalue weighted by molar-refractivity contribution is 7.16. The number of halogens is 1. The lowest BCUT2D eigenvalue weighted by Crippen LogP contribution is -2.19. The second-order valence-electron chi connectivity index (χ2n) is 4.92. The number of thiophene rings is 1. The van der Waals surface area contributed by atoms with Crippen LogP contribution in [0, 0.1) is 0 Å². The Hall–Kier alpha value is -0.810. The van der Waals surface area contributed by atoms with E-state index in [0.717, 1.165) is 42.7 Å². The van der Waals surface area contributed by atoms with Crippen molar-refractivity contribution < 1.29 is 4.42 Å². The van der Waals surface area contributed by atoms with Gasteiger partial charge in [-0.15, -0.1) is 11.3 Å². The molecule has 0 spiro atoms. The van der Waals surface area contributed by atoms with E-state index in [2.05, 4.69) is 36.3 Å². The molecule has 0 unspecified atom stereocenters. The van der Waals surface area contributed by atoms with Crippen LogP contribution in [0.4, 0.5) is 0 Å². The summed E-state index contributed by atoms with van der Waals surface area (Å²) in [5.74, 6) is 1.04. The van der Waals surface area contributed by atoms with Crippen LogP contribution < -0.4 is 5.32 Å². The van der Waals surface area contributed by atoms with Gasteiger partial charge in [-0.3, -0.25) is 4.90 Å². The fraction of sp³-hybridized carbons (Fsp3) is 0.467. The van der Waals surface area contributed by atoms with Crippen LogP contribution in [0.1, 0.15) is 29.5 Å². The molecule has 0 radical (unpaired) electrons. The number of nitrogens with one attached hydrogen (secondary N) is 1. The summed E-state index contributed by atoms with van der Waals surface area (Å²) in [6.07, 6.45) is 2.91. The Labute approximate surface area is 129 Å². The first-order valence-corrected chi connectivity index (χ1v) is 8.07. The molecule has 0 bridgehead atoms. The third-order valence-electron chi connectivity index (χ3n) is 3.04. The fourth-order valence-electron chi connectivity index (χ4n) is 2.09. The van der Waals surface area contributed by atoms with Gasteiger partial charge in [0.15, 0.2) is 0 Å². The highest BCUT2D eigenvalue weighted by Crippen LogP contribution is 2.23. The van der Waals surface area contributed by atoms with Gasteiger partial charge in [0, 0.05) is 23.5 Å². The van der Waals surface area contributed by atoms with Gasteiger partial charge in [-0.1, -0.05) is 18.5 Å². The van der Waals surface area contributed by atoms with Crippen molar-refractivity contribution in [3.8, 4) is 0 Å². The molecule has 0 aromatic carbocycles. The van der Waals surface area contributed by atoms with Crippen molar-refractivity contribution in [2.45, 2.75) is 33.0 Å². The summed E-state index contributed by atoms with van der Waals surface area (Å²) < 4.78 is 6.41. The van der Waals surface area contributed by atoms with E-state index in [1.807, 2.05) is 6.07 Å². The maximum absolute atomic E-state index is 5.96. The highest BCUT2D eigenvalue weighted by atomic mass is 35.5. The van der Waals surface area contributed by atoms with E-state index in [1.54, 1.807) is 17.6 Å². The highest BCUT2D eigenvalue weighted by Gasteiger charge is 2.10. The number of hydrogen-bond donors (Lipinski definition) is 1. The fourth-order valence-corrected chi connectivity index (χ4v) is 3.26. The molecule has 0 fully saturated rings. The summed E-state index contributed by atoms with van der Waals surface area (Å²) in [5.41, 5.74) is 1.25. The number of hydrogen-bond acceptors (Lipinski definition) is 4. The quantitative estimate of drug-likeness (QED) is 0.743. The molecule has 0 atom stereocenters. The molecule has 2 aromatic heterocycles. The Morgan fingerprint density at radius 2 is 2.15 bits per heavy atom. The minimum absolute atomic E-state index is 0.800. The first-order chi connectivity index (χ1) is 9.69. The summed E-state index contributed by atoms with van der Waals surface area (Å²) in [7, 11) is 2.11. The summed E-state index contributed by atoms with van der Waals surface area (Å²) in [6.45, 7) is 5.77. The zero-order valence-electron chi connectivity index (χ0n) is 12.0. The average molecular weight is 313 g/mol. The summed E-state index contributed by atoms with van der Waals surface area (Å²) in [6, 6.07) is 6.09. The van der Waals surface area contributed by atoms with Gasteiger partial charge < -0.3 is 9.73 Å². The van der Waals surface area contributed by atoms with Crippen LogP contribution in [0.25, 0.3) is 0 Å². The zero-order valence-corrected chi connectivity index (χ0v) is 13.6. The summed E-state index contributed by atoms with van der Waals surface area (Å²) in [5, 5.41) is 3.38. The molecule has 2 heterocycles. The second kappa shape index (κ2) is 7.84. The van der Waals surface area contributed by atoms with Crippen LogP contribution >= 0.6 is 22.9 Å².